The van der Waals surface area contributed by atoms with Crippen LogP contribution in [0.1, 0.15) is 29.3 Å². The first-order valence-corrected chi connectivity index (χ1v) is 5.67. The van der Waals surface area contributed by atoms with Crippen molar-refractivity contribution in [3.8, 4) is 0 Å². The van der Waals surface area contributed by atoms with Crippen LogP contribution in [0.2, 0.25) is 0 Å². The summed E-state index contributed by atoms with van der Waals surface area (Å²) in [5.41, 5.74) is 7.01. The minimum absolute atomic E-state index is 0.340. The number of amides is 1. The molecular formula is C11H15NOS. The summed E-state index contributed by atoms with van der Waals surface area (Å²) < 4.78 is 0. The van der Waals surface area contributed by atoms with Crippen molar-refractivity contribution in [1.29, 1.82) is 0 Å². The third-order valence-electron chi connectivity index (χ3n) is 1.86. The lowest BCUT2D eigenvalue weighted by atomic mass is 10.1. The number of benzene rings is 1. The van der Waals surface area contributed by atoms with Gasteiger partial charge in [0.25, 0.3) is 0 Å². The molecule has 0 aliphatic rings. The lowest BCUT2D eigenvalue weighted by Crippen LogP contribution is -2.12. The molecule has 0 atom stereocenters. The van der Waals surface area contributed by atoms with Gasteiger partial charge in [0, 0.05) is 4.90 Å². The van der Waals surface area contributed by atoms with Crippen molar-refractivity contribution in [3.05, 3.63) is 29.3 Å². The maximum absolute atomic E-state index is 11.1. The minimum atomic E-state index is -0.340. The number of primary amides is 1. The summed E-state index contributed by atoms with van der Waals surface area (Å²) in [6.07, 6.45) is 1.09. The lowest BCUT2D eigenvalue weighted by molar-refractivity contribution is 0.0997. The fourth-order valence-corrected chi connectivity index (χ4v) is 2.08. The van der Waals surface area contributed by atoms with Crippen molar-refractivity contribution in [3.63, 3.8) is 0 Å². The summed E-state index contributed by atoms with van der Waals surface area (Å²) in [4.78, 5) is 12.1. The number of carbonyl (C=O) groups excluding carboxylic acids is 1. The van der Waals surface area contributed by atoms with Gasteiger partial charge in [-0.3, -0.25) is 4.79 Å². The van der Waals surface area contributed by atoms with Crippen LogP contribution in [0.25, 0.3) is 0 Å². The maximum atomic E-state index is 11.1. The SMILES string of the molecule is CCCSc1ccc(C)cc1C(N)=O. The molecule has 0 heterocycles. The molecule has 2 N–H and O–H groups in total. The third-order valence-corrected chi connectivity index (χ3v) is 3.14. The Morgan fingerprint density at radius 3 is 2.79 bits per heavy atom. The molecule has 14 heavy (non-hydrogen) atoms. The number of aryl methyl sites for hydroxylation is 1. The molecule has 76 valence electrons. The Morgan fingerprint density at radius 2 is 2.21 bits per heavy atom. The monoisotopic (exact) mass is 209 g/mol. The molecule has 0 unspecified atom stereocenters. The number of hydrogen-bond donors (Lipinski definition) is 1. The average molecular weight is 209 g/mol. The predicted octanol–water partition coefficient (Wildman–Crippen LogP) is 2.60. The van der Waals surface area contributed by atoms with Crippen LogP contribution in [0, 0.1) is 6.92 Å². The first-order valence-electron chi connectivity index (χ1n) is 4.68. The first kappa shape index (κ1) is 11.1. The van der Waals surface area contributed by atoms with Crippen LogP contribution in [0.5, 0.6) is 0 Å². The standard InChI is InChI=1S/C11H15NOS/c1-3-6-14-10-5-4-8(2)7-9(10)11(12)13/h4-5,7H,3,6H2,1-2H3,(H2,12,13). The van der Waals surface area contributed by atoms with Crippen molar-refractivity contribution in [2.45, 2.75) is 25.2 Å². The normalized spacial score (nSPS) is 10.1. The van der Waals surface area contributed by atoms with Crippen molar-refractivity contribution in [1.82, 2.24) is 0 Å². The van der Waals surface area contributed by atoms with Crippen molar-refractivity contribution >= 4 is 17.7 Å². The molecule has 0 fully saturated rings. The van der Waals surface area contributed by atoms with Gasteiger partial charge in [-0.25, -0.2) is 0 Å². The summed E-state index contributed by atoms with van der Waals surface area (Å²) in [6.45, 7) is 4.08. The fraction of sp³-hybridized carbons (Fsp3) is 0.364. The van der Waals surface area contributed by atoms with Crippen LogP contribution in [0.3, 0.4) is 0 Å². The first-order chi connectivity index (χ1) is 6.65. The molecule has 3 heteroatoms. The molecule has 0 radical (unpaired) electrons. The van der Waals surface area contributed by atoms with E-state index in [9.17, 15) is 4.79 Å². The summed E-state index contributed by atoms with van der Waals surface area (Å²) in [5.74, 6) is 0.677. The van der Waals surface area contributed by atoms with Gasteiger partial charge >= 0.3 is 0 Å². The molecule has 2 nitrogen and oxygen atoms in total. The van der Waals surface area contributed by atoms with E-state index in [0.717, 1.165) is 22.6 Å². The zero-order valence-electron chi connectivity index (χ0n) is 8.54. The molecule has 1 aromatic rings. The minimum Gasteiger partial charge on any atom is -0.366 e. The maximum Gasteiger partial charge on any atom is 0.249 e. The largest absolute Gasteiger partial charge is 0.366 e. The quantitative estimate of drug-likeness (QED) is 0.774. The number of carbonyl (C=O) groups is 1. The van der Waals surface area contributed by atoms with Gasteiger partial charge < -0.3 is 5.73 Å². The predicted molar refractivity (Wildman–Crippen MR) is 60.7 cm³/mol. The molecule has 0 bridgehead atoms. The molecule has 0 aliphatic heterocycles. The number of rotatable bonds is 4. The van der Waals surface area contributed by atoms with Gasteiger partial charge in [0.15, 0.2) is 0 Å². The van der Waals surface area contributed by atoms with Crippen molar-refractivity contribution < 1.29 is 4.79 Å². The highest BCUT2D eigenvalue weighted by Crippen LogP contribution is 2.23. The second kappa shape index (κ2) is 5.05. The van der Waals surface area contributed by atoms with E-state index in [1.807, 2.05) is 25.1 Å². The molecule has 0 aliphatic carbocycles. The van der Waals surface area contributed by atoms with Crippen LogP contribution in [0.15, 0.2) is 23.1 Å². The van der Waals surface area contributed by atoms with Crippen LogP contribution < -0.4 is 5.73 Å². The number of thioether (sulfide) groups is 1. The zero-order valence-corrected chi connectivity index (χ0v) is 9.36. The summed E-state index contributed by atoms with van der Waals surface area (Å²) >= 11 is 1.68. The van der Waals surface area contributed by atoms with E-state index in [1.165, 1.54) is 0 Å². The molecule has 1 amide bonds. The number of hydrogen-bond acceptors (Lipinski definition) is 2. The Bertz CT molecular complexity index is 336. The molecule has 0 saturated heterocycles. The van der Waals surface area contributed by atoms with Gasteiger partial charge in [0.1, 0.15) is 0 Å². The van der Waals surface area contributed by atoms with Crippen LogP contribution in [-0.4, -0.2) is 11.7 Å². The Morgan fingerprint density at radius 1 is 1.50 bits per heavy atom. The summed E-state index contributed by atoms with van der Waals surface area (Å²) in [7, 11) is 0. The average Bonchev–Trinajstić information content (AvgIpc) is 2.15. The highest BCUT2D eigenvalue weighted by Gasteiger charge is 2.07. The summed E-state index contributed by atoms with van der Waals surface area (Å²) in [5, 5.41) is 0. The fourth-order valence-electron chi connectivity index (χ4n) is 1.17. The smallest absolute Gasteiger partial charge is 0.249 e. The Hall–Kier alpha value is -0.960. The Balaban J connectivity index is 2.96. The van der Waals surface area contributed by atoms with Gasteiger partial charge in [0.05, 0.1) is 5.56 Å². The Kier molecular flexibility index (Phi) is 4.01. The summed E-state index contributed by atoms with van der Waals surface area (Å²) in [6, 6.07) is 5.82. The number of nitrogens with two attached hydrogens (primary N) is 1. The van der Waals surface area contributed by atoms with Gasteiger partial charge in [-0.05, 0) is 31.2 Å². The van der Waals surface area contributed by atoms with E-state index in [1.54, 1.807) is 11.8 Å². The molecule has 0 aromatic heterocycles. The van der Waals surface area contributed by atoms with Gasteiger partial charge in [-0.1, -0.05) is 18.6 Å². The van der Waals surface area contributed by atoms with Crippen LogP contribution in [0.4, 0.5) is 0 Å². The highest BCUT2D eigenvalue weighted by molar-refractivity contribution is 7.99. The van der Waals surface area contributed by atoms with Crippen LogP contribution >= 0.6 is 11.8 Å². The van der Waals surface area contributed by atoms with E-state index in [2.05, 4.69) is 6.92 Å². The van der Waals surface area contributed by atoms with E-state index < -0.39 is 0 Å². The molecule has 0 saturated carbocycles. The van der Waals surface area contributed by atoms with Gasteiger partial charge in [-0.15, -0.1) is 11.8 Å². The lowest BCUT2D eigenvalue weighted by Gasteiger charge is -2.06. The van der Waals surface area contributed by atoms with E-state index in [4.69, 9.17) is 5.73 Å². The third kappa shape index (κ3) is 2.77. The molecular weight excluding hydrogens is 194 g/mol. The second-order valence-electron chi connectivity index (χ2n) is 3.21. The van der Waals surface area contributed by atoms with Crippen LogP contribution in [-0.2, 0) is 0 Å². The topological polar surface area (TPSA) is 43.1 Å². The van der Waals surface area contributed by atoms with E-state index in [0.29, 0.717) is 5.56 Å². The second-order valence-corrected chi connectivity index (χ2v) is 4.35. The highest BCUT2D eigenvalue weighted by atomic mass is 32.2. The van der Waals surface area contributed by atoms with Crippen molar-refractivity contribution in [2.24, 2.45) is 5.73 Å². The molecule has 1 aromatic carbocycles. The van der Waals surface area contributed by atoms with E-state index >= 15 is 0 Å². The van der Waals surface area contributed by atoms with Crippen molar-refractivity contribution in [2.75, 3.05) is 5.75 Å². The Labute approximate surface area is 88.9 Å². The zero-order chi connectivity index (χ0) is 10.6. The molecule has 1 rings (SSSR count). The van der Waals surface area contributed by atoms with Gasteiger partial charge in [0.2, 0.25) is 5.91 Å². The van der Waals surface area contributed by atoms with Gasteiger partial charge in [-0.2, -0.15) is 0 Å². The van der Waals surface area contributed by atoms with E-state index in [-0.39, 0.29) is 5.91 Å². The molecule has 0 spiro atoms.